The lowest BCUT2D eigenvalue weighted by Crippen LogP contribution is -2.45. The Balaban J connectivity index is 1.63. The van der Waals surface area contributed by atoms with E-state index >= 15 is 0 Å². The molecule has 1 aromatic heterocycles. The van der Waals surface area contributed by atoms with Gasteiger partial charge in [0.25, 0.3) is 5.91 Å². The smallest absolute Gasteiger partial charge is 0.349 e. The summed E-state index contributed by atoms with van der Waals surface area (Å²) in [4.78, 5) is 39.2. The standard InChI is InChI=1S/C20H22N2O6/c1-2-5-27-15-4-3-12-6-16(20(25)28-17(12)7-15)19(24)22-8-13-10-26-11-14(9-22)21-18(13)23/h3-4,6-7,13-14H,2,5,8-11H2,1H3,(H,21,23)/t13-,14+/m1/s1. The quantitative estimate of drug-likeness (QED) is 0.792. The van der Waals surface area contributed by atoms with Gasteiger partial charge in [-0.3, -0.25) is 9.59 Å². The van der Waals surface area contributed by atoms with Crippen molar-refractivity contribution in [1.82, 2.24) is 10.2 Å². The van der Waals surface area contributed by atoms with Crippen LogP contribution >= 0.6 is 0 Å². The van der Waals surface area contributed by atoms with Gasteiger partial charge in [0.15, 0.2) is 0 Å². The molecule has 2 aliphatic rings. The molecule has 148 valence electrons. The summed E-state index contributed by atoms with van der Waals surface area (Å²) in [5, 5.41) is 3.51. The van der Waals surface area contributed by atoms with Crippen molar-refractivity contribution in [2.75, 3.05) is 32.9 Å². The fourth-order valence-electron chi connectivity index (χ4n) is 3.52. The van der Waals surface area contributed by atoms with E-state index < -0.39 is 17.5 Å². The van der Waals surface area contributed by atoms with E-state index in [1.165, 1.54) is 4.90 Å². The lowest BCUT2D eigenvalue weighted by Gasteiger charge is -2.27. The van der Waals surface area contributed by atoms with Gasteiger partial charge in [-0.2, -0.15) is 0 Å². The zero-order valence-corrected chi connectivity index (χ0v) is 15.6. The lowest BCUT2D eigenvalue weighted by molar-refractivity contribution is -0.125. The van der Waals surface area contributed by atoms with Crippen LogP contribution < -0.4 is 15.7 Å². The third-order valence-electron chi connectivity index (χ3n) is 4.93. The van der Waals surface area contributed by atoms with E-state index in [0.29, 0.717) is 36.5 Å². The van der Waals surface area contributed by atoms with E-state index in [1.807, 2.05) is 6.92 Å². The Morgan fingerprint density at radius 1 is 1.25 bits per heavy atom. The highest BCUT2D eigenvalue weighted by Gasteiger charge is 2.36. The Hall–Kier alpha value is -2.87. The van der Waals surface area contributed by atoms with Crippen molar-refractivity contribution in [2.45, 2.75) is 19.4 Å². The molecule has 28 heavy (non-hydrogen) atoms. The summed E-state index contributed by atoms with van der Waals surface area (Å²) in [5.74, 6) is -0.387. The van der Waals surface area contributed by atoms with Crippen molar-refractivity contribution in [3.8, 4) is 5.75 Å². The molecule has 8 nitrogen and oxygen atoms in total. The topological polar surface area (TPSA) is 98.1 Å². The predicted molar refractivity (Wildman–Crippen MR) is 100 cm³/mol. The molecular formula is C20H22N2O6. The van der Waals surface area contributed by atoms with E-state index in [4.69, 9.17) is 13.9 Å². The molecule has 2 bridgehead atoms. The number of benzene rings is 1. The number of carbonyl (C=O) groups is 2. The van der Waals surface area contributed by atoms with Crippen molar-refractivity contribution in [3.05, 3.63) is 40.2 Å². The fourth-order valence-corrected chi connectivity index (χ4v) is 3.52. The summed E-state index contributed by atoms with van der Waals surface area (Å²) in [6, 6.07) is 6.45. The first-order chi connectivity index (χ1) is 13.5. The number of nitrogens with zero attached hydrogens (tertiary/aromatic N) is 1. The molecule has 2 atom stereocenters. The molecule has 0 unspecified atom stereocenters. The minimum atomic E-state index is -0.699. The average Bonchev–Trinajstić information content (AvgIpc) is 2.93. The summed E-state index contributed by atoms with van der Waals surface area (Å²) < 4.78 is 16.4. The van der Waals surface area contributed by atoms with Gasteiger partial charge in [-0.15, -0.1) is 0 Å². The molecule has 0 saturated carbocycles. The third-order valence-corrected chi connectivity index (χ3v) is 4.93. The van der Waals surface area contributed by atoms with Crippen molar-refractivity contribution < 1.29 is 23.5 Å². The van der Waals surface area contributed by atoms with Gasteiger partial charge in [0.05, 0.1) is 31.8 Å². The molecule has 0 radical (unpaired) electrons. The zero-order valence-electron chi connectivity index (χ0n) is 15.6. The van der Waals surface area contributed by atoms with Crippen LogP contribution in [0.4, 0.5) is 0 Å². The molecule has 1 N–H and O–H groups in total. The highest BCUT2D eigenvalue weighted by molar-refractivity contribution is 5.97. The Morgan fingerprint density at radius 3 is 2.93 bits per heavy atom. The number of ether oxygens (including phenoxy) is 2. The molecular weight excluding hydrogens is 364 g/mol. The van der Waals surface area contributed by atoms with Crippen LogP contribution in [0, 0.1) is 5.92 Å². The summed E-state index contributed by atoms with van der Waals surface area (Å²) in [5.41, 5.74) is -0.369. The van der Waals surface area contributed by atoms with Crippen LogP contribution in [0.1, 0.15) is 23.7 Å². The van der Waals surface area contributed by atoms with Crippen LogP contribution in [0.15, 0.2) is 33.5 Å². The number of amides is 2. The second kappa shape index (κ2) is 7.63. The Labute approximate surface area is 161 Å². The first-order valence-corrected chi connectivity index (χ1v) is 9.43. The predicted octanol–water partition coefficient (Wildman–Crippen LogP) is 1.17. The SMILES string of the molecule is CCCOc1ccc2cc(C(=O)N3C[C@H]4COC[C@@H](C3)C(=O)N4)c(=O)oc2c1. The van der Waals surface area contributed by atoms with E-state index in [1.54, 1.807) is 24.3 Å². The Kier molecular flexibility index (Phi) is 5.04. The maximum absolute atomic E-state index is 13.0. The molecule has 2 fully saturated rings. The monoisotopic (exact) mass is 386 g/mol. The first-order valence-electron chi connectivity index (χ1n) is 9.43. The number of hydrogen-bond acceptors (Lipinski definition) is 6. The highest BCUT2D eigenvalue weighted by atomic mass is 16.5. The summed E-state index contributed by atoms with van der Waals surface area (Å²) in [7, 11) is 0. The van der Waals surface area contributed by atoms with Crippen LogP contribution in [-0.2, 0) is 9.53 Å². The maximum Gasteiger partial charge on any atom is 0.349 e. The molecule has 3 heterocycles. The van der Waals surface area contributed by atoms with Gasteiger partial charge < -0.3 is 24.1 Å². The highest BCUT2D eigenvalue weighted by Crippen LogP contribution is 2.22. The molecule has 8 heteroatoms. The van der Waals surface area contributed by atoms with Gasteiger partial charge >= 0.3 is 5.63 Å². The summed E-state index contributed by atoms with van der Waals surface area (Å²) >= 11 is 0. The maximum atomic E-state index is 13.0. The van der Waals surface area contributed by atoms with Crippen molar-refractivity contribution in [2.24, 2.45) is 5.92 Å². The van der Waals surface area contributed by atoms with E-state index in [0.717, 1.165) is 6.42 Å². The largest absolute Gasteiger partial charge is 0.493 e. The third kappa shape index (κ3) is 3.60. The number of nitrogens with one attached hydrogen (secondary N) is 1. The lowest BCUT2D eigenvalue weighted by atomic mass is 10.1. The Morgan fingerprint density at radius 2 is 2.11 bits per heavy atom. The Bertz CT molecular complexity index is 969. The molecule has 0 aliphatic carbocycles. The minimum Gasteiger partial charge on any atom is -0.493 e. The van der Waals surface area contributed by atoms with Gasteiger partial charge in [0.1, 0.15) is 16.9 Å². The number of rotatable bonds is 4. The van der Waals surface area contributed by atoms with Gasteiger partial charge in [-0.25, -0.2) is 4.79 Å². The molecule has 1 aromatic carbocycles. The van der Waals surface area contributed by atoms with Crippen molar-refractivity contribution in [1.29, 1.82) is 0 Å². The van der Waals surface area contributed by atoms with Crippen LogP contribution in [0.3, 0.4) is 0 Å². The van der Waals surface area contributed by atoms with Crippen LogP contribution in [0.5, 0.6) is 5.75 Å². The van der Waals surface area contributed by atoms with Crippen LogP contribution in [0.2, 0.25) is 0 Å². The molecule has 2 aromatic rings. The van der Waals surface area contributed by atoms with Crippen LogP contribution in [-0.4, -0.2) is 55.7 Å². The fraction of sp³-hybridized carbons (Fsp3) is 0.450. The normalized spacial score (nSPS) is 21.9. The molecule has 4 rings (SSSR count). The average molecular weight is 386 g/mol. The van der Waals surface area contributed by atoms with Crippen LogP contribution in [0.25, 0.3) is 11.0 Å². The number of carbonyl (C=O) groups excluding carboxylic acids is 2. The minimum absolute atomic E-state index is 0.0388. The van der Waals surface area contributed by atoms with E-state index in [9.17, 15) is 14.4 Å². The van der Waals surface area contributed by atoms with E-state index in [2.05, 4.69) is 5.32 Å². The number of fused-ring (bicyclic) bond motifs is 4. The molecule has 2 aliphatic heterocycles. The van der Waals surface area contributed by atoms with E-state index in [-0.39, 0.29) is 30.7 Å². The molecule has 0 spiro atoms. The van der Waals surface area contributed by atoms with Gasteiger partial charge in [0.2, 0.25) is 5.91 Å². The van der Waals surface area contributed by atoms with Gasteiger partial charge in [0, 0.05) is 24.5 Å². The second-order valence-corrected chi connectivity index (χ2v) is 7.15. The first kappa shape index (κ1) is 18.5. The zero-order chi connectivity index (χ0) is 19.7. The molecule has 2 saturated heterocycles. The van der Waals surface area contributed by atoms with Crippen molar-refractivity contribution in [3.63, 3.8) is 0 Å². The summed E-state index contributed by atoms with van der Waals surface area (Å²) in [6.45, 7) is 3.69. The molecule has 2 amide bonds. The van der Waals surface area contributed by atoms with Crippen molar-refractivity contribution >= 4 is 22.8 Å². The van der Waals surface area contributed by atoms with Gasteiger partial charge in [-0.05, 0) is 24.6 Å². The summed E-state index contributed by atoms with van der Waals surface area (Å²) in [6.07, 6.45) is 0.871. The van der Waals surface area contributed by atoms with Gasteiger partial charge in [-0.1, -0.05) is 6.92 Å². The second-order valence-electron chi connectivity index (χ2n) is 7.15. The number of hydrogen-bond donors (Lipinski definition) is 1.